The van der Waals surface area contributed by atoms with Crippen LogP contribution in [-0.4, -0.2) is 62.2 Å². The van der Waals surface area contributed by atoms with Gasteiger partial charge in [-0.25, -0.2) is 4.98 Å². The van der Waals surface area contributed by atoms with Crippen LogP contribution in [0.2, 0.25) is 9.36 Å². The van der Waals surface area contributed by atoms with Gasteiger partial charge >= 0.3 is 0 Å². The van der Waals surface area contributed by atoms with E-state index in [2.05, 4.69) is 15.1 Å². The van der Waals surface area contributed by atoms with Crippen molar-refractivity contribution in [3.8, 4) is 5.75 Å². The number of nitrogens with one attached hydrogen (secondary N) is 1. The fraction of sp³-hybridized carbons (Fsp3) is 0.368. The number of fused-ring (bicyclic) bond motifs is 1. The maximum absolute atomic E-state index is 12.1. The molecule has 0 radical (unpaired) electrons. The predicted molar refractivity (Wildman–Crippen MR) is 121 cm³/mol. The molecule has 0 spiro atoms. The molecule has 1 N–H and O–H groups in total. The summed E-state index contributed by atoms with van der Waals surface area (Å²) in [6, 6.07) is 7.33. The highest BCUT2D eigenvalue weighted by Gasteiger charge is 2.21. The number of aromatic nitrogens is 1. The lowest BCUT2D eigenvalue weighted by molar-refractivity contribution is 0.0952. The lowest BCUT2D eigenvalue weighted by Crippen LogP contribution is -2.48. The fourth-order valence-electron chi connectivity index (χ4n) is 3.28. The Morgan fingerprint density at radius 1 is 1.17 bits per heavy atom. The number of benzene rings is 1. The maximum Gasteiger partial charge on any atom is 0.261 e. The molecule has 4 rings (SSSR count). The zero-order valence-corrected chi connectivity index (χ0v) is 18.9. The lowest BCUT2D eigenvalue weighted by Gasteiger charge is -2.34. The second kappa shape index (κ2) is 9.06. The lowest BCUT2D eigenvalue weighted by atomic mass is 10.3. The summed E-state index contributed by atoms with van der Waals surface area (Å²) in [5.41, 5.74) is 0.818. The number of carbonyl (C=O) groups is 1. The first-order valence-electron chi connectivity index (χ1n) is 9.19. The van der Waals surface area contributed by atoms with Gasteiger partial charge in [0, 0.05) is 39.3 Å². The van der Waals surface area contributed by atoms with Gasteiger partial charge in [-0.15, -0.1) is 11.3 Å². The molecule has 0 unspecified atom stereocenters. The van der Waals surface area contributed by atoms with Gasteiger partial charge in [-0.2, -0.15) is 0 Å². The Morgan fingerprint density at radius 3 is 2.66 bits per heavy atom. The van der Waals surface area contributed by atoms with Gasteiger partial charge in [0.05, 0.1) is 26.0 Å². The Labute approximate surface area is 187 Å². The van der Waals surface area contributed by atoms with Gasteiger partial charge in [0.2, 0.25) is 0 Å². The van der Waals surface area contributed by atoms with Crippen molar-refractivity contribution in [1.29, 1.82) is 0 Å². The molecule has 0 saturated carbocycles. The second-order valence-electron chi connectivity index (χ2n) is 6.61. The molecule has 1 aliphatic rings. The normalized spacial score (nSPS) is 15.1. The molecule has 3 aromatic rings. The molecule has 1 aliphatic heterocycles. The maximum atomic E-state index is 12.1. The molecule has 1 fully saturated rings. The van der Waals surface area contributed by atoms with Gasteiger partial charge in [-0.1, -0.05) is 34.5 Å². The van der Waals surface area contributed by atoms with Gasteiger partial charge in [-0.05, 0) is 24.3 Å². The van der Waals surface area contributed by atoms with E-state index in [1.807, 2.05) is 12.1 Å². The van der Waals surface area contributed by atoms with Gasteiger partial charge in [-0.3, -0.25) is 9.69 Å². The highest BCUT2D eigenvalue weighted by molar-refractivity contribution is 7.22. The van der Waals surface area contributed by atoms with Crippen molar-refractivity contribution in [2.75, 3.05) is 51.3 Å². The second-order valence-corrected chi connectivity index (χ2v) is 9.74. The van der Waals surface area contributed by atoms with E-state index in [4.69, 9.17) is 32.9 Å². The average molecular weight is 471 g/mol. The largest absolute Gasteiger partial charge is 0.493 e. The fourth-order valence-corrected chi connectivity index (χ4v) is 5.48. The molecule has 0 aliphatic carbocycles. The number of amides is 1. The summed E-state index contributed by atoms with van der Waals surface area (Å²) in [6.07, 6.45) is 0. The van der Waals surface area contributed by atoms with Crippen LogP contribution in [0.1, 0.15) is 9.67 Å². The zero-order valence-electron chi connectivity index (χ0n) is 15.8. The molecule has 1 saturated heterocycles. The number of anilines is 1. The van der Waals surface area contributed by atoms with Crippen LogP contribution in [0.3, 0.4) is 0 Å². The Hall–Kier alpha value is -1.58. The number of carbonyl (C=O) groups excluding carboxylic acids is 1. The third kappa shape index (κ3) is 4.62. The number of rotatable bonds is 6. The van der Waals surface area contributed by atoms with E-state index in [0.717, 1.165) is 48.1 Å². The summed E-state index contributed by atoms with van der Waals surface area (Å²) < 4.78 is 7.11. The number of nitrogens with zero attached hydrogens (tertiary/aromatic N) is 3. The van der Waals surface area contributed by atoms with Crippen LogP contribution in [0.5, 0.6) is 5.75 Å². The number of hydrogen-bond donors (Lipinski definition) is 1. The highest BCUT2D eigenvalue weighted by atomic mass is 35.5. The smallest absolute Gasteiger partial charge is 0.261 e. The predicted octanol–water partition coefficient (Wildman–Crippen LogP) is 4.23. The standard InChI is InChI=1S/C19H20Cl2N4O2S2/c1-27-17-12(20)2-3-13-16(17)23-19(29-13)25-10-8-24(9-11-25)7-6-22-18(26)14-4-5-15(21)28-14/h2-5H,6-11H2,1H3,(H,22,26). The third-order valence-corrected chi connectivity index (χ3v) is 7.42. The van der Waals surface area contributed by atoms with Gasteiger partial charge in [0.25, 0.3) is 5.91 Å². The number of ether oxygens (including phenoxy) is 1. The number of halogens is 2. The van der Waals surface area contributed by atoms with Crippen LogP contribution >= 0.6 is 45.9 Å². The van der Waals surface area contributed by atoms with Crippen molar-refractivity contribution < 1.29 is 9.53 Å². The van der Waals surface area contributed by atoms with Crippen molar-refractivity contribution in [2.24, 2.45) is 0 Å². The Morgan fingerprint density at radius 2 is 1.97 bits per heavy atom. The SMILES string of the molecule is COc1c(Cl)ccc2sc(N3CCN(CCNC(=O)c4ccc(Cl)s4)CC3)nc12. The number of thiophene rings is 1. The molecule has 0 bridgehead atoms. The Kier molecular flexibility index (Phi) is 6.46. The zero-order chi connectivity index (χ0) is 20.4. The Balaban J connectivity index is 1.29. The van der Waals surface area contributed by atoms with Crippen molar-refractivity contribution in [3.63, 3.8) is 0 Å². The first kappa shape index (κ1) is 20.7. The average Bonchev–Trinajstić information content (AvgIpc) is 3.35. The number of thiazole rings is 1. The van der Waals surface area contributed by atoms with E-state index >= 15 is 0 Å². The topological polar surface area (TPSA) is 57.7 Å². The molecule has 1 aromatic carbocycles. The summed E-state index contributed by atoms with van der Waals surface area (Å²) in [5, 5.41) is 4.53. The van der Waals surface area contributed by atoms with Crippen LogP contribution in [-0.2, 0) is 0 Å². The highest BCUT2D eigenvalue weighted by Crippen LogP contribution is 2.38. The van der Waals surface area contributed by atoms with E-state index in [9.17, 15) is 4.79 Å². The Bertz CT molecular complexity index is 1010. The first-order chi connectivity index (χ1) is 14.0. The van der Waals surface area contributed by atoms with Crippen molar-refractivity contribution in [2.45, 2.75) is 0 Å². The van der Waals surface area contributed by atoms with E-state index in [1.165, 1.54) is 11.3 Å². The van der Waals surface area contributed by atoms with Crippen molar-refractivity contribution >= 4 is 67.1 Å². The molecule has 29 heavy (non-hydrogen) atoms. The van der Waals surface area contributed by atoms with Gasteiger partial charge in [0.1, 0.15) is 5.52 Å². The molecule has 1 amide bonds. The summed E-state index contributed by atoms with van der Waals surface area (Å²) in [6.45, 7) is 5.07. The van der Waals surface area contributed by atoms with E-state index in [0.29, 0.717) is 26.5 Å². The van der Waals surface area contributed by atoms with E-state index in [1.54, 1.807) is 30.6 Å². The quantitative estimate of drug-likeness (QED) is 0.584. The molecule has 10 heteroatoms. The van der Waals surface area contributed by atoms with E-state index < -0.39 is 0 Å². The van der Waals surface area contributed by atoms with Crippen LogP contribution in [0, 0.1) is 0 Å². The first-order valence-corrected chi connectivity index (χ1v) is 11.6. The number of methoxy groups -OCH3 is 1. The summed E-state index contributed by atoms with van der Waals surface area (Å²) >= 11 is 15.0. The van der Waals surface area contributed by atoms with Crippen LogP contribution < -0.4 is 15.0 Å². The van der Waals surface area contributed by atoms with Crippen LogP contribution in [0.25, 0.3) is 10.2 Å². The third-order valence-electron chi connectivity index (χ3n) is 4.81. The molecule has 3 heterocycles. The minimum absolute atomic E-state index is 0.0670. The van der Waals surface area contributed by atoms with Gasteiger partial charge < -0.3 is 15.0 Å². The van der Waals surface area contributed by atoms with Crippen LogP contribution in [0.4, 0.5) is 5.13 Å². The summed E-state index contributed by atoms with van der Waals surface area (Å²) in [5.74, 6) is 0.565. The number of piperazine rings is 1. The summed E-state index contributed by atoms with van der Waals surface area (Å²) in [4.78, 5) is 22.1. The molecular formula is C19H20Cl2N4O2S2. The summed E-state index contributed by atoms with van der Waals surface area (Å²) in [7, 11) is 1.62. The molecule has 6 nitrogen and oxygen atoms in total. The monoisotopic (exact) mass is 470 g/mol. The van der Waals surface area contributed by atoms with Crippen LogP contribution in [0.15, 0.2) is 24.3 Å². The van der Waals surface area contributed by atoms with E-state index in [-0.39, 0.29) is 5.91 Å². The molecular weight excluding hydrogens is 451 g/mol. The molecule has 2 aromatic heterocycles. The molecule has 0 atom stereocenters. The minimum atomic E-state index is -0.0670. The minimum Gasteiger partial charge on any atom is -0.493 e. The van der Waals surface area contributed by atoms with Gasteiger partial charge in [0.15, 0.2) is 10.9 Å². The van der Waals surface area contributed by atoms with Crippen molar-refractivity contribution in [3.05, 3.63) is 38.5 Å². The molecule has 154 valence electrons. The number of hydrogen-bond acceptors (Lipinski definition) is 7. The van der Waals surface area contributed by atoms with Crippen molar-refractivity contribution in [1.82, 2.24) is 15.2 Å².